The van der Waals surface area contributed by atoms with E-state index in [1.165, 1.54) is 12.7 Å². The predicted octanol–water partition coefficient (Wildman–Crippen LogP) is 4.87. The molecule has 0 aliphatic heterocycles. The van der Waals surface area contributed by atoms with Crippen LogP contribution in [0.5, 0.6) is 0 Å². The largest absolute Gasteiger partial charge is 0.469 e. The van der Waals surface area contributed by atoms with E-state index in [0.29, 0.717) is 5.92 Å². The van der Waals surface area contributed by atoms with Gasteiger partial charge in [-0.15, -0.1) is 0 Å². The number of carbonyl (C=O) groups excluding carboxylic acids is 1. The Morgan fingerprint density at radius 3 is 2.64 bits per heavy atom. The number of ether oxygens (including phenoxy) is 1. The monoisotopic (exact) mass is 298 g/mol. The second-order valence-corrected chi connectivity index (χ2v) is 6.27. The Morgan fingerprint density at radius 1 is 1.27 bits per heavy atom. The second-order valence-electron chi connectivity index (χ2n) is 6.27. The van der Waals surface area contributed by atoms with E-state index in [4.69, 9.17) is 4.74 Å². The van der Waals surface area contributed by atoms with Crippen molar-refractivity contribution in [2.75, 3.05) is 7.11 Å². The molecule has 1 unspecified atom stereocenters. The fourth-order valence-electron chi connectivity index (χ4n) is 3.06. The molecule has 0 aromatic heterocycles. The number of allylic oxidation sites excluding steroid dienone is 2. The standard InChI is InChI=1S/C20H26O2/c1-15(2)17-10-7-11-18(14-17)19(20(21)22-3)13-12-16-8-5-4-6-9-16/h4-6,8-9,12-15,18-19H,7,10-11H2,1-3H3/b13-12+/t18?,19-/m0/s1. The highest BCUT2D eigenvalue weighted by molar-refractivity contribution is 5.76. The van der Waals surface area contributed by atoms with Gasteiger partial charge in [0.15, 0.2) is 0 Å². The number of carbonyl (C=O) groups is 1. The third-order valence-corrected chi connectivity index (χ3v) is 4.40. The Labute approximate surface area is 133 Å². The summed E-state index contributed by atoms with van der Waals surface area (Å²) >= 11 is 0. The van der Waals surface area contributed by atoms with E-state index in [0.717, 1.165) is 24.8 Å². The highest BCUT2D eigenvalue weighted by Gasteiger charge is 2.28. The first-order chi connectivity index (χ1) is 10.6. The molecule has 1 aliphatic rings. The van der Waals surface area contributed by atoms with Crippen LogP contribution in [0.25, 0.3) is 6.08 Å². The molecule has 0 saturated carbocycles. The smallest absolute Gasteiger partial charge is 0.313 e. The molecule has 118 valence electrons. The normalized spacial score (nSPS) is 20.0. The van der Waals surface area contributed by atoms with Crippen molar-refractivity contribution in [1.82, 2.24) is 0 Å². The molecule has 2 atom stereocenters. The fourth-order valence-corrected chi connectivity index (χ4v) is 3.06. The van der Waals surface area contributed by atoms with Crippen LogP contribution >= 0.6 is 0 Å². The Morgan fingerprint density at radius 2 is 2.00 bits per heavy atom. The van der Waals surface area contributed by atoms with Crippen molar-refractivity contribution in [3.8, 4) is 0 Å². The van der Waals surface area contributed by atoms with Crippen molar-refractivity contribution in [3.05, 3.63) is 53.6 Å². The summed E-state index contributed by atoms with van der Waals surface area (Å²) < 4.78 is 5.03. The molecule has 22 heavy (non-hydrogen) atoms. The van der Waals surface area contributed by atoms with E-state index in [9.17, 15) is 4.79 Å². The number of methoxy groups -OCH3 is 1. The third kappa shape index (κ3) is 4.33. The van der Waals surface area contributed by atoms with Gasteiger partial charge < -0.3 is 4.74 Å². The van der Waals surface area contributed by atoms with Crippen molar-refractivity contribution in [3.63, 3.8) is 0 Å². The maximum absolute atomic E-state index is 12.2. The first kappa shape index (κ1) is 16.5. The molecule has 1 aromatic carbocycles. The molecule has 0 radical (unpaired) electrons. The van der Waals surface area contributed by atoms with Crippen molar-refractivity contribution in [2.24, 2.45) is 17.8 Å². The number of hydrogen-bond acceptors (Lipinski definition) is 2. The van der Waals surface area contributed by atoms with E-state index in [-0.39, 0.29) is 17.8 Å². The summed E-state index contributed by atoms with van der Waals surface area (Å²) in [5.41, 5.74) is 2.58. The summed E-state index contributed by atoms with van der Waals surface area (Å²) in [5, 5.41) is 0. The molecule has 0 fully saturated rings. The predicted molar refractivity (Wildman–Crippen MR) is 91.2 cm³/mol. The van der Waals surface area contributed by atoms with Gasteiger partial charge in [0, 0.05) is 0 Å². The summed E-state index contributed by atoms with van der Waals surface area (Å²) in [6.45, 7) is 4.45. The molecule has 0 saturated heterocycles. The Hall–Kier alpha value is -1.83. The fraction of sp³-hybridized carbons (Fsp3) is 0.450. The molecule has 1 aromatic rings. The SMILES string of the molecule is COC(=O)[C@@H](/C=C/c1ccccc1)C1C=C(C(C)C)CCC1. The molecule has 0 N–H and O–H groups in total. The van der Waals surface area contributed by atoms with Crippen molar-refractivity contribution < 1.29 is 9.53 Å². The third-order valence-electron chi connectivity index (χ3n) is 4.40. The molecule has 1 aliphatic carbocycles. The molecular weight excluding hydrogens is 272 g/mol. The van der Waals surface area contributed by atoms with E-state index in [1.54, 1.807) is 0 Å². The van der Waals surface area contributed by atoms with E-state index in [1.807, 2.05) is 42.5 Å². The van der Waals surface area contributed by atoms with Gasteiger partial charge in [-0.3, -0.25) is 4.79 Å². The number of benzene rings is 1. The minimum atomic E-state index is -0.195. The summed E-state index contributed by atoms with van der Waals surface area (Å²) in [6.07, 6.45) is 9.71. The molecule has 0 spiro atoms. The zero-order chi connectivity index (χ0) is 15.9. The lowest BCUT2D eigenvalue weighted by atomic mass is 9.79. The van der Waals surface area contributed by atoms with E-state index < -0.39 is 0 Å². The molecule has 0 amide bonds. The topological polar surface area (TPSA) is 26.3 Å². The van der Waals surface area contributed by atoms with Gasteiger partial charge in [-0.2, -0.15) is 0 Å². The quantitative estimate of drug-likeness (QED) is 0.572. The Kier molecular flexibility index (Phi) is 6.00. The molecule has 2 rings (SSSR count). The van der Waals surface area contributed by atoms with E-state index in [2.05, 4.69) is 19.9 Å². The first-order valence-corrected chi connectivity index (χ1v) is 8.13. The Balaban J connectivity index is 2.21. The van der Waals surface area contributed by atoms with Crippen LogP contribution in [0.1, 0.15) is 38.7 Å². The summed E-state index contributed by atoms with van der Waals surface area (Å²) in [4.78, 5) is 12.2. The van der Waals surface area contributed by atoms with Crippen LogP contribution in [0.3, 0.4) is 0 Å². The van der Waals surface area contributed by atoms with Crippen molar-refractivity contribution in [1.29, 1.82) is 0 Å². The second kappa shape index (κ2) is 7.98. The van der Waals surface area contributed by atoms with Crippen LogP contribution in [-0.2, 0) is 9.53 Å². The van der Waals surface area contributed by atoms with Gasteiger partial charge in [-0.25, -0.2) is 0 Å². The zero-order valence-corrected chi connectivity index (χ0v) is 13.8. The van der Waals surface area contributed by atoms with Gasteiger partial charge in [-0.05, 0) is 36.7 Å². The average molecular weight is 298 g/mol. The number of esters is 1. The maximum Gasteiger partial charge on any atom is 0.313 e. The van der Waals surface area contributed by atoms with Crippen LogP contribution in [0.2, 0.25) is 0 Å². The van der Waals surface area contributed by atoms with Crippen LogP contribution in [0, 0.1) is 17.8 Å². The number of hydrogen-bond donors (Lipinski definition) is 0. The molecule has 0 heterocycles. The average Bonchev–Trinajstić information content (AvgIpc) is 2.56. The van der Waals surface area contributed by atoms with Crippen LogP contribution in [0.4, 0.5) is 0 Å². The van der Waals surface area contributed by atoms with Crippen LogP contribution < -0.4 is 0 Å². The highest BCUT2D eigenvalue weighted by atomic mass is 16.5. The number of rotatable bonds is 5. The van der Waals surface area contributed by atoms with E-state index >= 15 is 0 Å². The van der Waals surface area contributed by atoms with Crippen LogP contribution in [-0.4, -0.2) is 13.1 Å². The molecular formula is C20H26O2. The molecule has 2 nitrogen and oxygen atoms in total. The van der Waals surface area contributed by atoms with Gasteiger partial charge in [0.2, 0.25) is 0 Å². The van der Waals surface area contributed by atoms with Gasteiger partial charge in [0.1, 0.15) is 0 Å². The van der Waals surface area contributed by atoms with Gasteiger partial charge in [-0.1, -0.05) is 68.0 Å². The van der Waals surface area contributed by atoms with Gasteiger partial charge in [0.25, 0.3) is 0 Å². The van der Waals surface area contributed by atoms with Gasteiger partial charge in [0.05, 0.1) is 13.0 Å². The molecule has 0 bridgehead atoms. The summed E-state index contributed by atoms with van der Waals surface area (Å²) in [5.74, 6) is 0.468. The van der Waals surface area contributed by atoms with Crippen molar-refractivity contribution in [2.45, 2.75) is 33.1 Å². The van der Waals surface area contributed by atoms with Gasteiger partial charge >= 0.3 is 5.97 Å². The lowest BCUT2D eigenvalue weighted by Gasteiger charge is -2.27. The molecule has 2 heteroatoms. The Bertz CT molecular complexity index is 540. The van der Waals surface area contributed by atoms with Crippen molar-refractivity contribution >= 4 is 12.0 Å². The lowest BCUT2D eigenvalue weighted by molar-refractivity contribution is -0.145. The first-order valence-electron chi connectivity index (χ1n) is 8.13. The highest BCUT2D eigenvalue weighted by Crippen LogP contribution is 2.33. The lowest BCUT2D eigenvalue weighted by Crippen LogP contribution is -2.24. The minimum absolute atomic E-state index is 0.140. The minimum Gasteiger partial charge on any atom is -0.469 e. The zero-order valence-electron chi connectivity index (χ0n) is 13.8. The summed E-state index contributed by atoms with van der Waals surface area (Å²) in [7, 11) is 1.47. The maximum atomic E-state index is 12.2. The summed E-state index contributed by atoms with van der Waals surface area (Å²) in [6, 6.07) is 10.1. The van der Waals surface area contributed by atoms with Crippen LogP contribution in [0.15, 0.2) is 48.1 Å².